The summed E-state index contributed by atoms with van der Waals surface area (Å²) in [6.45, 7) is 3.10. The standard InChI is InChI=1S/C16H24N2OS/c1-2-20-15-6-4-3-5-14(15)18-11-12-7-9-13(10-8-12)16(17)19/h7-10,14-15,18H,2-6,11H2,1H3,(H2,17,19)/t14-,15-/m0/s1. The molecule has 0 spiro atoms. The van der Waals surface area contributed by atoms with Gasteiger partial charge < -0.3 is 11.1 Å². The molecule has 0 aliphatic heterocycles. The second-order valence-corrected chi connectivity index (χ2v) is 6.84. The van der Waals surface area contributed by atoms with Crippen molar-refractivity contribution in [1.29, 1.82) is 0 Å². The molecule has 1 aliphatic carbocycles. The lowest BCUT2D eigenvalue weighted by molar-refractivity contribution is 0.100. The SMILES string of the molecule is CCS[C@H]1CCCC[C@@H]1NCc1ccc(C(N)=O)cc1. The van der Waals surface area contributed by atoms with E-state index in [9.17, 15) is 4.79 Å². The van der Waals surface area contributed by atoms with Gasteiger partial charge in [0, 0.05) is 23.4 Å². The number of amides is 1. The van der Waals surface area contributed by atoms with E-state index < -0.39 is 0 Å². The van der Waals surface area contributed by atoms with Crippen LogP contribution in [0.1, 0.15) is 48.5 Å². The van der Waals surface area contributed by atoms with Crippen molar-refractivity contribution >= 4 is 17.7 Å². The molecule has 20 heavy (non-hydrogen) atoms. The fourth-order valence-corrected chi connectivity index (χ4v) is 4.01. The smallest absolute Gasteiger partial charge is 0.248 e. The largest absolute Gasteiger partial charge is 0.366 e. The fourth-order valence-electron chi connectivity index (χ4n) is 2.78. The lowest BCUT2D eigenvalue weighted by atomic mass is 9.94. The van der Waals surface area contributed by atoms with Gasteiger partial charge in [0.15, 0.2) is 0 Å². The van der Waals surface area contributed by atoms with Crippen molar-refractivity contribution in [3.05, 3.63) is 35.4 Å². The van der Waals surface area contributed by atoms with Crippen molar-refractivity contribution in [3.8, 4) is 0 Å². The molecular formula is C16H24N2OS. The Balaban J connectivity index is 1.88. The van der Waals surface area contributed by atoms with E-state index in [4.69, 9.17) is 5.73 Å². The van der Waals surface area contributed by atoms with E-state index in [0.717, 1.165) is 11.8 Å². The molecule has 0 radical (unpaired) electrons. The quantitative estimate of drug-likeness (QED) is 0.847. The van der Waals surface area contributed by atoms with Crippen LogP contribution in [0.3, 0.4) is 0 Å². The number of nitrogens with one attached hydrogen (secondary N) is 1. The van der Waals surface area contributed by atoms with Crippen LogP contribution in [-0.2, 0) is 6.54 Å². The molecule has 1 aromatic carbocycles. The van der Waals surface area contributed by atoms with Crippen molar-refractivity contribution in [2.24, 2.45) is 5.73 Å². The number of nitrogens with two attached hydrogens (primary N) is 1. The second kappa shape index (κ2) is 7.70. The molecule has 0 heterocycles. The van der Waals surface area contributed by atoms with Gasteiger partial charge in [0.05, 0.1) is 0 Å². The Hall–Kier alpha value is -1.00. The first kappa shape index (κ1) is 15.4. The van der Waals surface area contributed by atoms with Crippen LogP contribution in [0.25, 0.3) is 0 Å². The molecule has 3 nitrogen and oxygen atoms in total. The molecule has 0 aromatic heterocycles. The third kappa shape index (κ3) is 4.25. The number of carbonyl (C=O) groups is 1. The summed E-state index contributed by atoms with van der Waals surface area (Å²) in [4.78, 5) is 11.0. The summed E-state index contributed by atoms with van der Waals surface area (Å²) in [5.74, 6) is 0.826. The van der Waals surface area contributed by atoms with Gasteiger partial charge in [0.1, 0.15) is 0 Å². The first-order valence-corrected chi connectivity index (χ1v) is 8.49. The molecule has 1 saturated carbocycles. The number of rotatable bonds is 6. The van der Waals surface area contributed by atoms with Crippen molar-refractivity contribution < 1.29 is 4.79 Å². The predicted octanol–water partition coefficient (Wildman–Crippen LogP) is 2.94. The highest BCUT2D eigenvalue weighted by Gasteiger charge is 2.24. The van der Waals surface area contributed by atoms with Crippen LogP contribution in [0.2, 0.25) is 0 Å². The van der Waals surface area contributed by atoms with E-state index in [1.807, 2.05) is 12.1 Å². The van der Waals surface area contributed by atoms with Crippen LogP contribution in [0.5, 0.6) is 0 Å². The van der Waals surface area contributed by atoms with Crippen molar-refractivity contribution in [2.75, 3.05) is 5.75 Å². The average Bonchev–Trinajstić information content (AvgIpc) is 2.47. The first-order valence-electron chi connectivity index (χ1n) is 7.44. The van der Waals surface area contributed by atoms with Crippen LogP contribution >= 0.6 is 11.8 Å². The van der Waals surface area contributed by atoms with E-state index >= 15 is 0 Å². The summed E-state index contributed by atoms with van der Waals surface area (Å²) in [5, 5.41) is 4.43. The van der Waals surface area contributed by atoms with Gasteiger partial charge in [-0.3, -0.25) is 4.79 Å². The van der Waals surface area contributed by atoms with E-state index in [1.54, 1.807) is 12.1 Å². The highest BCUT2D eigenvalue weighted by molar-refractivity contribution is 7.99. The highest BCUT2D eigenvalue weighted by atomic mass is 32.2. The molecule has 0 unspecified atom stereocenters. The maximum absolute atomic E-state index is 11.0. The number of hydrogen-bond donors (Lipinski definition) is 2. The summed E-state index contributed by atoms with van der Waals surface area (Å²) in [5.41, 5.74) is 7.03. The number of benzene rings is 1. The van der Waals surface area contributed by atoms with Gasteiger partial charge in [-0.25, -0.2) is 0 Å². The Morgan fingerprint density at radius 2 is 2.00 bits per heavy atom. The van der Waals surface area contributed by atoms with Gasteiger partial charge in [-0.2, -0.15) is 11.8 Å². The third-order valence-corrected chi connectivity index (χ3v) is 5.22. The highest BCUT2D eigenvalue weighted by Crippen LogP contribution is 2.28. The Bertz CT molecular complexity index is 431. The zero-order valence-corrected chi connectivity index (χ0v) is 12.9. The van der Waals surface area contributed by atoms with E-state index in [0.29, 0.717) is 11.6 Å². The van der Waals surface area contributed by atoms with Gasteiger partial charge in [-0.1, -0.05) is 31.9 Å². The summed E-state index contributed by atoms with van der Waals surface area (Å²) in [6.07, 6.45) is 5.30. The minimum atomic E-state index is -0.365. The Labute approximate surface area is 125 Å². The molecule has 4 heteroatoms. The van der Waals surface area contributed by atoms with Crippen LogP contribution in [-0.4, -0.2) is 23.0 Å². The minimum absolute atomic E-state index is 0.365. The van der Waals surface area contributed by atoms with Gasteiger partial charge in [0.2, 0.25) is 5.91 Å². The summed E-state index contributed by atoms with van der Waals surface area (Å²) >= 11 is 2.08. The average molecular weight is 292 g/mol. The maximum Gasteiger partial charge on any atom is 0.248 e. The maximum atomic E-state index is 11.0. The molecule has 2 atom stereocenters. The van der Waals surface area contributed by atoms with Gasteiger partial charge in [0.25, 0.3) is 0 Å². The molecule has 1 aliphatic rings. The zero-order chi connectivity index (χ0) is 14.4. The molecular weight excluding hydrogens is 268 g/mol. The van der Waals surface area contributed by atoms with Crippen molar-refractivity contribution in [3.63, 3.8) is 0 Å². The predicted molar refractivity (Wildman–Crippen MR) is 86.0 cm³/mol. The normalized spacial score (nSPS) is 22.6. The molecule has 1 fully saturated rings. The molecule has 1 aromatic rings. The lowest BCUT2D eigenvalue weighted by Crippen LogP contribution is -2.40. The Kier molecular flexibility index (Phi) is 5.92. The second-order valence-electron chi connectivity index (χ2n) is 5.33. The minimum Gasteiger partial charge on any atom is -0.366 e. The fraction of sp³-hybridized carbons (Fsp3) is 0.562. The molecule has 110 valence electrons. The van der Waals surface area contributed by atoms with Crippen LogP contribution < -0.4 is 11.1 Å². The molecule has 0 saturated heterocycles. The van der Waals surface area contributed by atoms with Gasteiger partial charge >= 0.3 is 0 Å². The van der Waals surface area contributed by atoms with Crippen molar-refractivity contribution in [1.82, 2.24) is 5.32 Å². The topological polar surface area (TPSA) is 55.1 Å². The summed E-state index contributed by atoms with van der Waals surface area (Å²) in [6, 6.07) is 8.19. The van der Waals surface area contributed by atoms with E-state index in [1.165, 1.54) is 37.0 Å². The van der Waals surface area contributed by atoms with Gasteiger partial charge in [-0.15, -0.1) is 0 Å². The summed E-state index contributed by atoms with van der Waals surface area (Å²) in [7, 11) is 0. The third-order valence-electron chi connectivity index (χ3n) is 3.89. The number of carbonyl (C=O) groups excluding carboxylic acids is 1. The zero-order valence-electron chi connectivity index (χ0n) is 12.1. The van der Waals surface area contributed by atoms with Crippen LogP contribution in [0.15, 0.2) is 24.3 Å². The van der Waals surface area contributed by atoms with Crippen LogP contribution in [0.4, 0.5) is 0 Å². The lowest BCUT2D eigenvalue weighted by Gasteiger charge is -2.31. The number of hydrogen-bond acceptors (Lipinski definition) is 3. The Morgan fingerprint density at radius 1 is 1.30 bits per heavy atom. The number of primary amides is 1. The molecule has 2 rings (SSSR count). The van der Waals surface area contributed by atoms with Gasteiger partial charge in [-0.05, 0) is 36.3 Å². The van der Waals surface area contributed by atoms with Crippen molar-refractivity contribution in [2.45, 2.75) is 50.4 Å². The van der Waals surface area contributed by atoms with E-state index in [2.05, 4.69) is 24.0 Å². The Morgan fingerprint density at radius 3 is 2.65 bits per heavy atom. The number of thioether (sulfide) groups is 1. The molecule has 0 bridgehead atoms. The molecule has 1 amide bonds. The first-order chi connectivity index (χ1) is 9.70. The summed E-state index contributed by atoms with van der Waals surface area (Å²) < 4.78 is 0. The van der Waals surface area contributed by atoms with Crippen LogP contribution in [0, 0.1) is 0 Å². The van der Waals surface area contributed by atoms with E-state index in [-0.39, 0.29) is 5.91 Å². The molecule has 3 N–H and O–H groups in total. The monoisotopic (exact) mass is 292 g/mol.